The van der Waals surface area contributed by atoms with Crippen molar-refractivity contribution in [2.45, 2.75) is 0 Å². The summed E-state index contributed by atoms with van der Waals surface area (Å²) < 4.78 is 28.7. The van der Waals surface area contributed by atoms with Crippen molar-refractivity contribution >= 4 is 21.7 Å². The van der Waals surface area contributed by atoms with E-state index in [1.54, 1.807) is 53.3 Å². The van der Waals surface area contributed by atoms with Gasteiger partial charge in [0, 0.05) is 11.1 Å². The van der Waals surface area contributed by atoms with Crippen molar-refractivity contribution in [2.75, 3.05) is 12.9 Å². The van der Waals surface area contributed by atoms with Crippen molar-refractivity contribution in [1.29, 1.82) is 0 Å². The van der Waals surface area contributed by atoms with Gasteiger partial charge in [0.25, 0.3) is 5.91 Å². The van der Waals surface area contributed by atoms with Crippen molar-refractivity contribution < 1.29 is 22.7 Å². The maximum Gasteiger partial charge on any atom is 0.271 e. The quantitative estimate of drug-likeness (QED) is 0.807. The van der Waals surface area contributed by atoms with Crippen molar-refractivity contribution in [1.82, 2.24) is 4.72 Å². The summed E-state index contributed by atoms with van der Waals surface area (Å²) in [5.41, 5.74) is 1.07. The highest BCUT2D eigenvalue weighted by molar-refractivity contribution is 7.89. The normalized spacial score (nSPS) is 10.8. The molecule has 2 aromatic carbocycles. The third-order valence-corrected chi connectivity index (χ3v) is 3.42. The van der Waals surface area contributed by atoms with Gasteiger partial charge in [0.2, 0.25) is 10.0 Å². The first-order chi connectivity index (χ1) is 10.8. The second kappa shape index (κ2) is 7.06. The number of ketones is 1. The summed E-state index contributed by atoms with van der Waals surface area (Å²) in [5.74, 6) is -0.526. The van der Waals surface area contributed by atoms with E-state index in [0.717, 1.165) is 6.26 Å². The zero-order valence-corrected chi connectivity index (χ0v) is 13.2. The molecule has 0 aliphatic rings. The fourth-order valence-corrected chi connectivity index (χ4v) is 2.32. The van der Waals surface area contributed by atoms with Gasteiger partial charge < -0.3 is 4.74 Å². The molecule has 120 valence electrons. The van der Waals surface area contributed by atoms with Crippen molar-refractivity contribution in [3.63, 3.8) is 0 Å². The fourth-order valence-electron chi connectivity index (χ4n) is 1.84. The number of benzene rings is 2. The number of amides is 1. The zero-order valence-electron chi connectivity index (χ0n) is 12.4. The van der Waals surface area contributed by atoms with Gasteiger partial charge >= 0.3 is 0 Å². The molecule has 0 aromatic heterocycles. The Labute approximate surface area is 134 Å². The average Bonchev–Trinajstić information content (AvgIpc) is 2.52. The number of sulfonamides is 1. The lowest BCUT2D eigenvalue weighted by molar-refractivity contribution is -0.121. The number of hydrogen-bond donors (Lipinski definition) is 1. The largest absolute Gasteiger partial charge is 0.484 e. The lowest BCUT2D eigenvalue weighted by atomic mass is 10.0. The molecule has 7 heteroatoms. The van der Waals surface area contributed by atoms with Gasteiger partial charge in [-0.1, -0.05) is 30.3 Å². The molecule has 0 bridgehead atoms. The Morgan fingerprint density at radius 3 is 2.09 bits per heavy atom. The maximum absolute atomic E-state index is 12.2. The molecule has 0 atom stereocenters. The van der Waals surface area contributed by atoms with Gasteiger partial charge in [0.15, 0.2) is 12.4 Å². The van der Waals surface area contributed by atoms with Crippen molar-refractivity contribution in [3.05, 3.63) is 65.7 Å². The van der Waals surface area contributed by atoms with E-state index in [0.29, 0.717) is 16.9 Å². The highest BCUT2D eigenvalue weighted by Gasteiger charge is 2.10. The molecule has 1 amide bonds. The fraction of sp³-hybridized carbons (Fsp3) is 0.125. The molecule has 1 N–H and O–H groups in total. The molecular formula is C16H15NO5S. The molecule has 0 spiro atoms. The predicted octanol–water partition coefficient (Wildman–Crippen LogP) is 1.37. The Bertz CT molecular complexity index is 798. The van der Waals surface area contributed by atoms with E-state index in [1.165, 1.54) is 0 Å². The second-order valence-corrected chi connectivity index (χ2v) is 6.55. The minimum Gasteiger partial charge on any atom is -0.484 e. The Kier molecular flexibility index (Phi) is 5.13. The van der Waals surface area contributed by atoms with E-state index in [1.807, 2.05) is 6.07 Å². The number of rotatable bonds is 6. The number of ether oxygens (including phenoxy) is 1. The summed E-state index contributed by atoms with van der Waals surface area (Å²) in [5, 5.41) is 0. The Balaban J connectivity index is 1.97. The predicted molar refractivity (Wildman–Crippen MR) is 84.8 cm³/mol. The molecule has 2 rings (SSSR count). The summed E-state index contributed by atoms with van der Waals surface area (Å²) >= 11 is 0. The minimum atomic E-state index is -3.60. The summed E-state index contributed by atoms with van der Waals surface area (Å²) in [7, 11) is -3.60. The van der Waals surface area contributed by atoms with Gasteiger partial charge in [-0.15, -0.1) is 0 Å². The van der Waals surface area contributed by atoms with Crippen LogP contribution in [0.15, 0.2) is 54.6 Å². The van der Waals surface area contributed by atoms with Crippen LogP contribution in [0.3, 0.4) is 0 Å². The first-order valence-electron chi connectivity index (χ1n) is 6.68. The number of carbonyl (C=O) groups is 2. The summed E-state index contributed by atoms with van der Waals surface area (Å²) in [4.78, 5) is 23.5. The Hall–Kier alpha value is -2.67. The highest BCUT2D eigenvalue weighted by Crippen LogP contribution is 2.15. The first kappa shape index (κ1) is 16.7. The molecule has 0 radical (unpaired) electrons. The van der Waals surface area contributed by atoms with Crippen LogP contribution in [0.5, 0.6) is 5.75 Å². The summed E-state index contributed by atoms with van der Waals surface area (Å²) in [6, 6.07) is 15.1. The average molecular weight is 333 g/mol. The van der Waals surface area contributed by atoms with Gasteiger partial charge in [-0.05, 0) is 24.3 Å². The van der Waals surface area contributed by atoms with Crippen LogP contribution >= 0.6 is 0 Å². The summed E-state index contributed by atoms with van der Waals surface area (Å²) in [6.45, 7) is -0.431. The first-order valence-corrected chi connectivity index (χ1v) is 8.57. The van der Waals surface area contributed by atoms with Crippen LogP contribution in [0, 0.1) is 0 Å². The molecule has 0 saturated carbocycles. The van der Waals surface area contributed by atoms with Crippen LogP contribution in [0.4, 0.5) is 0 Å². The van der Waals surface area contributed by atoms with Crippen LogP contribution in [0.2, 0.25) is 0 Å². The molecular weight excluding hydrogens is 318 g/mol. The Morgan fingerprint density at radius 2 is 1.52 bits per heavy atom. The van der Waals surface area contributed by atoms with Gasteiger partial charge in [-0.3, -0.25) is 14.3 Å². The van der Waals surface area contributed by atoms with E-state index in [-0.39, 0.29) is 5.78 Å². The van der Waals surface area contributed by atoms with E-state index in [4.69, 9.17) is 4.74 Å². The standard InChI is InChI=1S/C16H15NO5S/c1-23(20,21)17-15(18)11-22-14-9-7-13(8-10-14)16(19)12-5-3-2-4-6-12/h2-10H,11H2,1H3,(H,17,18). The third kappa shape index (κ3) is 5.23. The van der Waals surface area contributed by atoms with Crippen LogP contribution in [-0.2, 0) is 14.8 Å². The van der Waals surface area contributed by atoms with Crippen LogP contribution in [0.1, 0.15) is 15.9 Å². The van der Waals surface area contributed by atoms with Crippen molar-refractivity contribution in [2.24, 2.45) is 0 Å². The summed E-state index contributed by atoms with van der Waals surface area (Å²) in [6.07, 6.45) is 0.884. The van der Waals surface area contributed by atoms with E-state index < -0.39 is 22.5 Å². The van der Waals surface area contributed by atoms with Crippen LogP contribution in [-0.4, -0.2) is 33.0 Å². The SMILES string of the molecule is CS(=O)(=O)NC(=O)COc1ccc(C(=O)c2ccccc2)cc1. The maximum atomic E-state index is 12.2. The molecule has 0 aliphatic heterocycles. The molecule has 0 unspecified atom stereocenters. The zero-order chi connectivity index (χ0) is 16.9. The lowest BCUT2D eigenvalue weighted by Crippen LogP contribution is -2.33. The highest BCUT2D eigenvalue weighted by atomic mass is 32.2. The van der Waals surface area contributed by atoms with Crippen LogP contribution in [0.25, 0.3) is 0 Å². The number of carbonyl (C=O) groups excluding carboxylic acids is 2. The Morgan fingerprint density at radius 1 is 0.957 bits per heavy atom. The smallest absolute Gasteiger partial charge is 0.271 e. The lowest BCUT2D eigenvalue weighted by Gasteiger charge is -2.07. The molecule has 0 saturated heterocycles. The molecule has 0 fully saturated rings. The van der Waals surface area contributed by atoms with E-state index in [9.17, 15) is 18.0 Å². The van der Waals surface area contributed by atoms with Gasteiger partial charge in [0.05, 0.1) is 6.26 Å². The van der Waals surface area contributed by atoms with Gasteiger partial charge in [-0.25, -0.2) is 8.42 Å². The third-order valence-electron chi connectivity index (χ3n) is 2.82. The second-order valence-electron chi connectivity index (χ2n) is 4.81. The van der Waals surface area contributed by atoms with E-state index in [2.05, 4.69) is 0 Å². The molecule has 0 aliphatic carbocycles. The molecule has 0 heterocycles. The van der Waals surface area contributed by atoms with Gasteiger partial charge in [0.1, 0.15) is 5.75 Å². The minimum absolute atomic E-state index is 0.119. The molecule has 2 aromatic rings. The topological polar surface area (TPSA) is 89.5 Å². The van der Waals surface area contributed by atoms with Crippen LogP contribution < -0.4 is 9.46 Å². The van der Waals surface area contributed by atoms with E-state index >= 15 is 0 Å². The number of hydrogen-bond acceptors (Lipinski definition) is 5. The molecule has 6 nitrogen and oxygen atoms in total. The van der Waals surface area contributed by atoms with Crippen molar-refractivity contribution in [3.8, 4) is 5.75 Å². The monoisotopic (exact) mass is 333 g/mol. The molecule has 23 heavy (non-hydrogen) atoms. The van der Waals surface area contributed by atoms with Gasteiger partial charge in [-0.2, -0.15) is 0 Å². The number of nitrogens with one attached hydrogen (secondary N) is 1.